The summed E-state index contributed by atoms with van der Waals surface area (Å²) < 4.78 is 72.5. The number of halogens is 5. The first-order valence-corrected chi connectivity index (χ1v) is 9.32. The topological polar surface area (TPSA) is 82.3 Å². The van der Waals surface area contributed by atoms with Gasteiger partial charge in [0, 0.05) is 19.2 Å². The third-order valence-corrected chi connectivity index (χ3v) is 4.55. The molecule has 0 fully saturated rings. The number of nitrogens with zero attached hydrogens (tertiary/aromatic N) is 2. The van der Waals surface area contributed by atoms with E-state index < -0.39 is 52.5 Å². The van der Waals surface area contributed by atoms with Crippen LogP contribution >= 0.6 is 0 Å². The number of aromatic nitrogens is 2. The Bertz CT molecular complexity index is 1330. The molecule has 0 bridgehead atoms. The van der Waals surface area contributed by atoms with Gasteiger partial charge < -0.3 is 10.1 Å². The van der Waals surface area contributed by atoms with Gasteiger partial charge in [-0.05, 0) is 37.3 Å². The Morgan fingerprint density at radius 3 is 2.39 bits per heavy atom. The molecule has 2 aromatic carbocycles. The molecule has 1 atom stereocenters. The maximum atomic E-state index is 14.3. The minimum absolute atomic E-state index is 0.0478. The predicted molar refractivity (Wildman–Crippen MR) is 107 cm³/mol. The summed E-state index contributed by atoms with van der Waals surface area (Å²) in [6.07, 6.45) is -6.14. The molecule has 12 heteroatoms. The average molecular weight is 469 g/mol. The number of ether oxygens (including phenoxy) is 1. The lowest BCUT2D eigenvalue weighted by Crippen LogP contribution is -2.40. The Kier molecular flexibility index (Phi) is 6.38. The zero-order valence-corrected chi connectivity index (χ0v) is 17.1. The number of carbonyl (C=O) groups excluding carboxylic acids is 1. The van der Waals surface area contributed by atoms with Crippen molar-refractivity contribution in [2.75, 3.05) is 5.32 Å². The summed E-state index contributed by atoms with van der Waals surface area (Å²) in [6.45, 7) is 1.32. The van der Waals surface area contributed by atoms with Crippen LogP contribution in [0, 0.1) is 11.6 Å². The van der Waals surface area contributed by atoms with E-state index in [4.69, 9.17) is 4.74 Å². The lowest BCUT2D eigenvalue weighted by molar-refractivity contribution is -0.144. The van der Waals surface area contributed by atoms with Crippen LogP contribution in [0.1, 0.15) is 12.6 Å². The maximum absolute atomic E-state index is 14.3. The van der Waals surface area contributed by atoms with Crippen LogP contribution < -0.4 is 21.3 Å². The molecule has 0 aliphatic heterocycles. The Hall–Kier alpha value is -3.96. The maximum Gasteiger partial charge on any atom is 0.431 e. The Labute approximate surface area is 182 Å². The van der Waals surface area contributed by atoms with Gasteiger partial charge in [-0.3, -0.25) is 14.2 Å². The van der Waals surface area contributed by atoms with Crippen molar-refractivity contribution in [2.24, 2.45) is 7.05 Å². The molecular formula is C21H16F5N3O4. The van der Waals surface area contributed by atoms with E-state index in [0.717, 1.165) is 31.3 Å². The summed E-state index contributed by atoms with van der Waals surface area (Å²) in [4.78, 5) is 37.0. The van der Waals surface area contributed by atoms with Gasteiger partial charge in [0.1, 0.15) is 23.1 Å². The number of carbonyl (C=O) groups is 1. The lowest BCUT2D eigenvalue weighted by Gasteiger charge is -2.16. The van der Waals surface area contributed by atoms with Gasteiger partial charge >= 0.3 is 11.9 Å². The summed E-state index contributed by atoms with van der Waals surface area (Å²) >= 11 is 0. The Morgan fingerprint density at radius 2 is 1.76 bits per heavy atom. The molecule has 3 rings (SSSR count). The highest BCUT2D eigenvalue weighted by molar-refractivity contribution is 5.94. The van der Waals surface area contributed by atoms with Crippen LogP contribution in [0.15, 0.2) is 58.1 Å². The van der Waals surface area contributed by atoms with Gasteiger partial charge in [-0.1, -0.05) is 6.07 Å². The molecule has 0 aliphatic carbocycles. The SMILES string of the molecule is CC(Oc1cccc(F)c1)C(=O)Nc1cc(-n2c(=O)cc(C(F)(F)F)n(C)c2=O)ccc1F. The van der Waals surface area contributed by atoms with Crippen LogP contribution in [-0.4, -0.2) is 21.1 Å². The average Bonchev–Trinajstić information content (AvgIpc) is 2.72. The first-order chi connectivity index (χ1) is 15.4. The molecule has 0 saturated carbocycles. The fraction of sp³-hybridized carbons (Fsp3) is 0.190. The van der Waals surface area contributed by atoms with E-state index in [2.05, 4.69) is 5.32 Å². The van der Waals surface area contributed by atoms with Crippen molar-refractivity contribution in [1.82, 2.24) is 9.13 Å². The van der Waals surface area contributed by atoms with Crippen molar-refractivity contribution < 1.29 is 31.5 Å². The van der Waals surface area contributed by atoms with E-state index >= 15 is 0 Å². The minimum Gasteiger partial charge on any atom is -0.481 e. The van der Waals surface area contributed by atoms with Crippen molar-refractivity contribution in [3.05, 3.63) is 86.7 Å². The second-order valence-corrected chi connectivity index (χ2v) is 6.91. The van der Waals surface area contributed by atoms with Gasteiger partial charge in [0.25, 0.3) is 11.5 Å². The monoisotopic (exact) mass is 469 g/mol. The second kappa shape index (κ2) is 8.88. The standard InChI is InChI=1S/C21H16F5N3O4/c1-11(33-14-5-3-4-12(22)8-14)19(31)27-16-9-13(6-7-15(16)23)29-18(30)10-17(21(24,25)26)28(2)20(29)32/h3-11H,1-2H3,(H,27,31). The number of anilines is 1. The van der Waals surface area contributed by atoms with Crippen LogP contribution in [0.25, 0.3) is 5.69 Å². The van der Waals surface area contributed by atoms with Gasteiger partial charge in [0.05, 0.1) is 11.4 Å². The van der Waals surface area contributed by atoms with Crippen LogP contribution in [-0.2, 0) is 18.0 Å². The molecule has 1 aromatic heterocycles. The van der Waals surface area contributed by atoms with E-state index in [1.165, 1.54) is 25.1 Å². The number of nitrogens with one attached hydrogen (secondary N) is 1. The molecule has 1 N–H and O–H groups in total. The molecule has 0 radical (unpaired) electrons. The van der Waals surface area contributed by atoms with Crippen LogP contribution in [0.5, 0.6) is 5.75 Å². The lowest BCUT2D eigenvalue weighted by atomic mass is 10.2. The van der Waals surface area contributed by atoms with Gasteiger partial charge in [0.2, 0.25) is 0 Å². The largest absolute Gasteiger partial charge is 0.481 e. The van der Waals surface area contributed by atoms with Crippen molar-refractivity contribution in [1.29, 1.82) is 0 Å². The van der Waals surface area contributed by atoms with Crippen molar-refractivity contribution in [2.45, 2.75) is 19.2 Å². The fourth-order valence-electron chi connectivity index (χ4n) is 2.92. The summed E-state index contributed by atoms with van der Waals surface area (Å²) in [5.41, 5.74) is -4.79. The van der Waals surface area contributed by atoms with Crippen molar-refractivity contribution >= 4 is 11.6 Å². The minimum atomic E-state index is -4.94. The molecule has 0 aliphatic rings. The highest BCUT2D eigenvalue weighted by Crippen LogP contribution is 2.27. The zero-order chi connectivity index (χ0) is 24.5. The predicted octanol–water partition coefficient (Wildman–Crippen LogP) is 3.24. The summed E-state index contributed by atoms with van der Waals surface area (Å²) in [5.74, 6) is -2.33. The fourth-order valence-corrected chi connectivity index (χ4v) is 2.92. The first kappa shape index (κ1) is 23.7. The molecule has 174 valence electrons. The van der Waals surface area contributed by atoms with E-state index in [0.29, 0.717) is 4.57 Å². The molecule has 33 heavy (non-hydrogen) atoms. The number of benzene rings is 2. The van der Waals surface area contributed by atoms with E-state index in [9.17, 15) is 36.3 Å². The third kappa shape index (κ3) is 5.10. The molecular weight excluding hydrogens is 453 g/mol. The first-order valence-electron chi connectivity index (χ1n) is 9.32. The highest BCUT2D eigenvalue weighted by atomic mass is 19.4. The van der Waals surface area contributed by atoms with Crippen LogP contribution in [0.3, 0.4) is 0 Å². The highest BCUT2D eigenvalue weighted by Gasteiger charge is 2.35. The Morgan fingerprint density at radius 1 is 1.06 bits per heavy atom. The quantitative estimate of drug-likeness (QED) is 0.582. The molecule has 1 heterocycles. The molecule has 1 amide bonds. The van der Waals surface area contributed by atoms with Gasteiger partial charge in [0.15, 0.2) is 6.10 Å². The normalized spacial score (nSPS) is 12.3. The molecule has 1 unspecified atom stereocenters. The number of alkyl halides is 3. The molecule has 3 aromatic rings. The number of hydrogen-bond acceptors (Lipinski definition) is 4. The van der Waals surface area contributed by atoms with Crippen molar-refractivity contribution in [3.63, 3.8) is 0 Å². The van der Waals surface area contributed by atoms with Gasteiger partial charge in [-0.15, -0.1) is 0 Å². The second-order valence-electron chi connectivity index (χ2n) is 6.91. The number of hydrogen-bond donors (Lipinski definition) is 1. The molecule has 0 spiro atoms. The third-order valence-electron chi connectivity index (χ3n) is 4.55. The molecule has 0 saturated heterocycles. The smallest absolute Gasteiger partial charge is 0.431 e. The Balaban J connectivity index is 1.92. The summed E-state index contributed by atoms with van der Waals surface area (Å²) in [5, 5.41) is 2.21. The van der Waals surface area contributed by atoms with E-state index in [1.54, 1.807) is 0 Å². The summed E-state index contributed by atoms with van der Waals surface area (Å²) in [6, 6.07) is 7.95. The molecule has 7 nitrogen and oxygen atoms in total. The summed E-state index contributed by atoms with van der Waals surface area (Å²) in [7, 11) is 0.832. The van der Waals surface area contributed by atoms with E-state index in [-0.39, 0.29) is 22.1 Å². The number of amides is 1. The number of rotatable bonds is 5. The van der Waals surface area contributed by atoms with Crippen LogP contribution in [0.4, 0.5) is 27.6 Å². The van der Waals surface area contributed by atoms with Crippen molar-refractivity contribution in [3.8, 4) is 11.4 Å². The van der Waals surface area contributed by atoms with Gasteiger partial charge in [-0.2, -0.15) is 13.2 Å². The van der Waals surface area contributed by atoms with Crippen LogP contribution in [0.2, 0.25) is 0 Å². The van der Waals surface area contributed by atoms with Gasteiger partial charge in [-0.25, -0.2) is 18.1 Å². The van der Waals surface area contributed by atoms with E-state index in [1.807, 2.05) is 0 Å². The zero-order valence-electron chi connectivity index (χ0n) is 17.1.